The Balaban J connectivity index is 2.64. The number of allylic oxidation sites excluding steroid dienone is 1. The standard InChI is InChI=1S/C22H24F6O2/c1-5-19(6-2,30-13-20(29,21(23,24)25)22(26,27)28)17-12-11-15-9-7-8-10-16(15)18(17)14(3)4/h7-12,29H,3,5-6,13H2,1-2,4H3. The average molecular weight is 434 g/mol. The summed E-state index contributed by atoms with van der Waals surface area (Å²) >= 11 is 0. The molecule has 0 bridgehead atoms. The van der Waals surface area contributed by atoms with Crippen molar-refractivity contribution in [3.8, 4) is 0 Å². The summed E-state index contributed by atoms with van der Waals surface area (Å²) in [5.41, 5.74) is -4.82. The van der Waals surface area contributed by atoms with E-state index in [0.717, 1.165) is 10.8 Å². The van der Waals surface area contributed by atoms with Crippen molar-refractivity contribution >= 4 is 16.3 Å². The molecule has 0 saturated carbocycles. The first-order chi connectivity index (χ1) is 13.7. The number of aliphatic hydroxyl groups is 1. The monoisotopic (exact) mass is 434 g/mol. The number of alkyl halides is 6. The fourth-order valence-electron chi connectivity index (χ4n) is 3.59. The predicted octanol–water partition coefficient (Wildman–Crippen LogP) is 6.76. The lowest BCUT2D eigenvalue weighted by atomic mass is 9.81. The minimum absolute atomic E-state index is 0.0912. The lowest BCUT2D eigenvalue weighted by Gasteiger charge is -2.39. The van der Waals surface area contributed by atoms with Gasteiger partial charge in [-0.2, -0.15) is 26.3 Å². The molecule has 0 amide bonds. The highest BCUT2D eigenvalue weighted by Gasteiger charge is 2.71. The van der Waals surface area contributed by atoms with E-state index in [9.17, 15) is 31.4 Å². The van der Waals surface area contributed by atoms with Crippen LogP contribution < -0.4 is 0 Å². The summed E-state index contributed by atoms with van der Waals surface area (Å²) in [6.07, 6.45) is -11.7. The van der Waals surface area contributed by atoms with Gasteiger partial charge in [-0.05, 0) is 41.7 Å². The number of hydrogen-bond donors (Lipinski definition) is 1. The molecule has 2 rings (SSSR count). The van der Waals surface area contributed by atoms with Gasteiger partial charge < -0.3 is 9.84 Å². The SMILES string of the molecule is C=C(C)c1c(C(CC)(CC)OCC(O)(C(F)(F)F)C(F)(F)F)ccc2ccccc12. The van der Waals surface area contributed by atoms with Crippen LogP contribution in [0.25, 0.3) is 16.3 Å². The van der Waals surface area contributed by atoms with E-state index in [0.29, 0.717) is 16.7 Å². The molecule has 0 unspecified atom stereocenters. The number of halogens is 6. The molecule has 30 heavy (non-hydrogen) atoms. The van der Waals surface area contributed by atoms with E-state index in [4.69, 9.17) is 4.74 Å². The van der Waals surface area contributed by atoms with Crippen LogP contribution in [0.2, 0.25) is 0 Å². The molecule has 8 heteroatoms. The maximum atomic E-state index is 13.1. The Labute approximate surface area is 171 Å². The minimum Gasteiger partial charge on any atom is -0.372 e. The Morgan fingerprint density at radius 3 is 1.93 bits per heavy atom. The molecule has 0 saturated heterocycles. The van der Waals surface area contributed by atoms with Crippen molar-refractivity contribution in [3.05, 3.63) is 54.1 Å². The van der Waals surface area contributed by atoms with Gasteiger partial charge in [0, 0.05) is 0 Å². The van der Waals surface area contributed by atoms with Crippen molar-refractivity contribution in [1.29, 1.82) is 0 Å². The van der Waals surface area contributed by atoms with E-state index in [1.807, 2.05) is 12.1 Å². The fourth-order valence-corrected chi connectivity index (χ4v) is 3.59. The van der Waals surface area contributed by atoms with Crippen molar-refractivity contribution in [1.82, 2.24) is 0 Å². The molecule has 2 nitrogen and oxygen atoms in total. The van der Waals surface area contributed by atoms with Gasteiger partial charge in [-0.1, -0.05) is 62.4 Å². The van der Waals surface area contributed by atoms with E-state index >= 15 is 0 Å². The van der Waals surface area contributed by atoms with Crippen LogP contribution in [0.4, 0.5) is 26.3 Å². The first-order valence-corrected chi connectivity index (χ1v) is 9.42. The highest BCUT2D eigenvalue weighted by molar-refractivity contribution is 5.94. The summed E-state index contributed by atoms with van der Waals surface area (Å²) in [4.78, 5) is 0. The van der Waals surface area contributed by atoms with Gasteiger partial charge in [-0.3, -0.25) is 0 Å². The van der Waals surface area contributed by atoms with Gasteiger partial charge in [0.15, 0.2) is 0 Å². The lowest BCUT2D eigenvalue weighted by molar-refractivity contribution is -0.383. The molecular weight excluding hydrogens is 410 g/mol. The number of ether oxygens (including phenoxy) is 1. The third-order valence-electron chi connectivity index (χ3n) is 5.48. The zero-order valence-electron chi connectivity index (χ0n) is 16.9. The van der Waals surface area contributed by atoms with Crippen molar-refractivity contribution in [3.63, 3.8) is 0 Å². The molecule has 2 aromatic carbocycles. The molecule has 1 N–H and O–H groups in total. The van der Waals surface area contributed by atoms with Gasteiger partial charge in [0.25, 0.3) is 5.60 Å². The van der Waals surface area contributed by atoms with Crippen LogP contribution in [0, 0.1) is 0 Å². The summed E-state index contributed by atoms with van der Waals surface area (Å²) in [6, 6.07) is 10.6. The lowest BCUT2D eigenvalue weighted by Crippen LogP contribution is -2.60. The van der Waals surface area contributed by atoms with Crippen LogP contribution >= 0.6 is 0 Å². The normalized spacial score (nSPS) is 13.7. The van der Waals surface area contributed by atoms with Crippen molar-refractivity contribution in [2.45, 2.75) is 57.2 Å². The number of rotatable bonds is 7. The zero-order valence-corrected chi connectivity index (χ0v) is 16.9. The smallest absolute Gasteiger partial charge is 0.372 e. The van der Waals surface area contributed by atoms with Gasteiger partial charge in [-0.25, -0.2) is 0 Å². The molecule has 166 valence electrons. The van der Waals surface area contributed by atoms with Crippen molar-refractivity contribution in [2.24, 2.45) is 0 Å². The molecule has 0 heterocycles. The van der Waals surface area contributed by atoms with Gasteiger partial charge in [0.1, 0.15) is 0 Å². The topological polar surface area (TPSA) is 29.5 Å². The van der Waals surface area contributed by atoms with Gasteiger partial charge >= 0.3 is 12.4 Å². The Bertz CT molecular complexity index is 896. The second-order valence-electron chi connectivity index (χ2n) is 7.34. The summed E-state index contributed by atoms with van der Waals surface area (Å²) in [5, 5.41) is 11.2. The van der Waals surface area contributed by atoms with Crippen LogP contribution in [0.5, 0.6) is 0 Å². The second kappa shape index (κ2) is 8.23. The van der Waals surface area contributed by atoms with Crippen LogP contribution in [0.3, 0.4) is 0 Å². The van der Waals surface area contributed by atoms with Crippen LogP contribution in [0.1, 0.15) is 44.7 Å². The Hall–Kier alpha value is -2.06. The molecule has 2 aromatic rings. The van der Waals surface area contributed by atoms with Crippen molar-refractivity contribution in [2.75, 3.05) is 6.61 Å². The first kappa shape index (κ1) is 24.2. The van der Waals surface area contributed by atoms with E-state index in [-0.39, 0.29) is 12.8 Å². The van der Waals surface area contributed by atoms with Crippen LogP contribution in [0.15, 0.2) is 43.0 Å². The number of benzene rings is 2. The highest BCUT2D eigenvalue weighted by atomic mass is 19.4. The third kappa shape index (κ3) is 4.07. The largest absolute Gasteiger partial charge is 0.428 e. The van der Waals surface area contributed by atoms with E-state index in [1.54, 1.807) is 45.0 Å². The molecule has 0 aliphatic rings. The molecule has 0 aliphatic carbocycles. The van der Waals surface area contributed by atoms with E-state index < -0.39 is 30.2 Å². The fraction of sp³-hybridized carbons (Fsp3) is 0.455. The first-order valence-electron chi connectivity index (χ1n) is 9.42. The summed E-state index contributed by atoms with van der Waals surface area (Å²) in [7, 11) is 0. The van der Waals surface area contributed by atoms with Gasteiger partial charge in [0.2, 0.25) is 0 Å². The molecule has 0 radical (unpaired) electrons. The van der Waals surface area contributed by atoms with E-state index in [1.165, 1.54) is 0 Å². The quantitative estimate of drug-likeness (QED) is 0.488. The molecule has 0 aliphatic heterocycles. The molecule has 0 spiro atoms. The average Bonchev–Trinajstić information content (AvgIpc) is 2.66. The number of hydrogen-bond acceptors (Lipinski definition) is 2. The Morgan fingerprint density at radius 2 is 1.47 bits per heavy atom. The number of fused-ring (bicyclic) bond motifs is 1. The summed E-state index contributed by atoms with van der Waals surface area (Å²) < 4.78 is 84.2. The van der Waals surface area contributed by atoms with Crippen molar-refractivity contribution < 1.29 is 36.2 Å². The van der Waals surface area contributed by atoms with E-state index in [2.05, 4.69) is 6.58 Å². The van der Waals surface area contributed by atoms with Crippen LogP contribution in [-0.4, -0.2) is 29.7 Å². The summed E-state index contributed by atoms with van der Waals surface area (Å²) in [5.74, 6) is 0. The highest BCUT2D eigenvalue weighted by Crippen LogP contribution is 2.46. The molecule has 0 atom stereocenters. The maximum Gasteiger partial charge on any atom is 0.428 e. The van der Waals surface area contributed by atoms with Gasteiger partial charge in [-0.15, -0.1) is 0 Å². The molecular formula is C22H24F6O2. The zero-order chi connectivity index (χ0) is 23.0. The third-order valence-corrected chi connectivity index (χ3v) is 5.48. The molecule has 0 fully saturated rings. The maximum absolute atomic E-state index is 13.1. The predicted molar refractivity (Wildman–Crippen MR) is 104 cm³/mol. The second-order valence-corrected chi connectivity index (χ2v) is 7.34. The minimum atomic E-state index is -5.95. The van der Waals surface area contributed by atoms with Crippen LogP contribution in [-0.2, 0) is 10.3 Å². The Morgan fingerprint density at radius 1 is 0.933 bits per heavy atom. The summed E-state index contributed by atoms with van der Waals surface area (Å²) in [6.45, 7) is 6.91. The van der Waals surface area contributed by atoms with Gasteiger partial charge in [0.05, 0.1) is 12.2 Å². The molecule has 0 aromatic heterocycles. The Kier molecular flexibility index (Phi) is 6.64.